The van der Waals surface area contributed by atoms with E-state index in [0.717, 1.165) is 0 Å². The van der Waals surface area contributed by atoms with Crippen molar-refractivity contribution < 1.29 is 24.6 Å². The lowest BCUT2D eigenvalue weighted by Crippen LogP contribution is -2.39. The average molecular weight is 258 g/mol. The molecule has 1 aliphatic rings. The molecule has 1 rings (SSSR count). The molecule has 1 amide bonds. The van der Waals surface area contributed by atoms with Gasteiger partial charge in [-0.3, -0.25) is 9.59 Å². The van der Waals surface area contributed by atoms with E-state index in [0.29, 0.717) is 32.2 Å². The van der Waals surface area contributed by atoms with Crippen molar-refractivity contribution >= 4 is 17.8 Å². The molecule has 7 heteroatoms. The van der Waals surface area contributed by atoms with Crippen molar-refractivity contribution in [1.29, 1.82) is 0 Å². The molecule has 0 aromatic heterocycles. The van der Waals surface area contributed by atoms with Crippen molar-refractivity contribution in [3.8, 4) is 0 Å². The van der Waals surface area contributed by atoms with Gasteiger partial charge in [0, 0.05) is 13.0 Å². The first-order valence-corrected chi connectivity index (χ1v) is 5.94. The zero-order chi connectivity index (χ0) is 13.7. The van der Waals surface area contributed by atoms with Gasteiger partial charge in [0.2, 0.25) is 5.91 Å². The summed E-state index contributed by atoms with van der Waals surface area (Å²) >= 11 is 0. The average Bonchev–Trinajstić information content (AvgIpc) is 2.66. The lowest BCUT2D eigenvalue weighted by Gasteiger charge is -2.21. The van der Waals surface area contributed by atoms with E-state index >= 15 is 0 Å². The summed E-state index contributed by atoms with van der Waals surface area (Å²) < 4.78 is 0. The summed E-state index contributed by atoms with van der Waals surface area (Å²) in [6.07, 6.45) is 2.07. The molecule has 2 atom stereocenters. The van der Waals surface area contributed by atoms with Crippen LogP contribution in [0.5, 0.6) is 0 Å². The van der Waals surface area contributed by atoms with Gasteiger partial charge in [0.1, 0.15) is 12.1 Å². The minimum atomic E-state index is -1.05. The largest absolute Gasteiger partial charge is 0.480 e. The summed E-state index contributed by atoms with van der Waals surface area (Å²) in [5, 5.41) is 17.5. The lowest BCUT2D eigenvalue weighted by molar-refractivity contribution is -0.146. The van der Waals surface area contributed by atoms with E-state index in [9.17, 15) is 14.4 Å². The molecule has 4 N–H and O–H groups in total. The van der Waals surface area contributed by atoms with Crippen molar-refractivity contribution in [2.24, 2.45) is 5.73 Å². The van der Waals surface area contributed by atoms with Crippen LogP contribution >= 0.6 is 0 Å². The normalized spacial score (nSPS) is 21.1. The maximum absolute atomic E-state index is 11.5. The number of likely N-dealkylation sites (tertiary alicyclic amines) is 1. The maximum atomic E-state index is 11.5. The Kier molecular flexibility index (Phi) is 5.08. The smallest absolute Gasteiger partial charge is 0.326 e. The van der Waals surface area contributed by atoms with Crippen LogP contribution in [0, 0.1) is 0 Å². The summed E-state index contributed by atoms with van der Waals surface area (Å²) in [5.74, 6) is -2.18. The van der Waals surface area contributed by atoms with E-state index in [1.807, 2.05) is 0 Å². The first kappa shape index (κ1) is 14.4. The number of nitrogens with zero attached hydrogens (tertiary/aromatic N) is 1. The second kappa shape index (κ2) is 6.34. The van der Waals surface area contributed by atoms with Gasteiger partial charge < -0.3 is 20.8 Å². The number of carboxylic acids is 2. The third kappa shape index (κ3) is 3.69. The number of carboxylic acid groups (broad SMARTS) is 2. The van der Waals surface area contributed by atoms with E-state index < -0.39 is 24.0 Å². The molecule has 0 bridgehead atoms. The third-order valence-electron chi connectivity index (χ3n) is 3.09. The van der Waals surface area contributed by atoms with Crippen LogP contribution in [0.15, 0.2) is 0 Å². The minimum Gasteiger partial charge on any atom is -0.480 e. The van der Waals surface area contributed by atoms with E-state index in [1.54, 1.807) is 0 Å². The molecule has 0 unspecified atom stereocenters. The molecule has 0 radical (unpaired) electrons. The van der Waals surface area contributed by atoms with Crippen molar-refractivity contribution in [3.05, 3.63) is 0 Å². The molecule has 1 aliphatic heterocycles. The van der Waals surface area contributed by atoms with Crippen LogP contribution in [0.25, 0.3) is 0 Å². The number of carbonyl (C=O) groups is 3. The lowest BCUT2D eigenvalue weighted by atomic mass is 10.1. The number of rotatable bonds is 7. The Morgan fingerprint density at radius 2 is 2.06 bits per heavy atom. The highest BCUT2D eigenvalue weighted by molar-refractivity contribution is 5.87. The van der Waals surface area contributed by atoms with E-state index in [4.69, 9.17) is 15.9 Å². The maximum Gasteiger partial charge on any atom is 0.326 e. The van der Waals surface area contributed by atoms with E-state index in [-0.39, 0.29) is 12.3 Å². The molecule has 1 saturated heterocycles. The van der Waals surface area contributed by atoms with Crippen molar-refractivity contribution in [2.45, 2.75) is 44.2 Å². The van der Waals surface area contributed by atoms with Crippen LogP contribution < -0.4 is 5.73 Å². The Hall–Kier alpha value is -1.63. The summed E-state index contributed by atoms with van der Waals surface area (Å²) in [6, 6.07) is -1.62. The molecule has 7 nitrogen and oxygen atoms in total. The quantitative estimate of drug-likeness (QED) is 0.536. The summed E-state index contributed by atoms with van der Waals surface area (Å²) in [6.45, 7) is 0.349. The van der Waals surface area contributed by atoms with Crippen LogP contribution in [-0.2, 0) is 14.4 Å². The van der Waals surface area contributed by atoms with Gasteiger partial charge in [0.05, 0.1) is 0 Å². The van der Waals surface area contributed by atoms with Gasteiger partial charge in [-0.2, -0.15) is 0 Å². The Bertz CT molecular complexity index is 344. The number of carbonyl (C=O) groups excluding carboxylic acids is 1. The van der Waals surface area contributed by atoms with E-state index in [2.05, 4.69) is 0 Å². The number of hydrogen-bond donors (Lipinski definition) is 3. The van der Waals surface area contributed by atoms with Crippen LogP contribution in [0.3, 0.4) is 0 Å². The van der Waals surface area contributed by atoms with Crippen LogP contribution in [-0.4, -0.2) is 51.6 Å². The minimum absolute atomic E-state index is 0.148. The van der Waals surface area contributed by atoms with Crippen LogP contribution in [0.2, 0.25) is 0 Å². The first-order valence-electron chi connectivity index (χ1n) is 5.94. The Morgan fingerprint density at radius 3 is 2.61 bits per heavy atom. The predicted octanol–water partition coefficient (Wildman–Crippen LogP) is -0.356. The topological polar surface area (TPSA) is 121 Å². The predicted molar refractivity (Wildman–Crippen MR) is 61.8 cm³/mol. The summed E-state index contributed by atoms with van der Waals surface area (Å²) in [7, 11) is 0. The number of hydrogen-bond acceptors (Lipinski definition) is 4. The SMILES string of the molecule is N[C@@H](CCCCN1C(=O)CC[C@H]1C(=O)O)C(=O)O. The third-order valence-corrected chi connectivity index (χ3v) is 3.09. The summed E-state index contributed by atoms with van der Waals surface area (Å²) in [5.41, 5.74) is 5.34. The molecule has 18 heavy (non-hydrogen) atoms. The first-order chi connectivity index (χ1) is 8.43. The highest BCUT2D eigenvalue weighted by atomic mass is 16.4. The van der Waals surface area contributed by atoms with Crippen molar-refractivity contribution in [3.63, 3.8) is 0 Å². The Labute approximate surface area is 105 Å². The molecular weight excluding hydrogens is 240 g/mol. The molecule has 1 heterocycles. The van der Waals surface area contributed by atoms with Gasteiger partial charge in [-0.1, -0.05) is 0 Å². The highest BCUT2D eigenvalue weighted by Gasteiger charge is 2.35. The molecule has 0 aromatic carbocycles. The second-order valence-electron chi connectivity index (χ2n) is 4.42. The van der Waals surface area contributed by atoms with Gasteiger partial charge in [-0.25, -0.2) is 4.79 Å². The zero-order valence-electron chi connectivity index (χ0n) is 10.0. The Balaban J connectivity index is 2.31. The van der Waals surface area contributed by atoms with Crippen molar-refractivity contribution in [1.82, 2.24) is 4.90 Å². The van der Waals surface area contributed by atoms with Gasteiger partial charge >= 0.3 is 11.9 Å². The number of amides is 1. The van der Waals surface area contributed by atoms with Crippen molar-refractivity contribution in [2.75, 3.05) is 6.54 Å². The molecular formula is C11H18N2O5. The fourth-order valence-corrected chi connectivity index (χ4v) is 2.04. The fraction of sp³-hybridized carbons (Fsp3) is 0.727. The standard InChI is InChI=1S/C11H18N2O5/c12-7(10(15)16)3-1-2-6-13-8(11(17)18)4-5-9(13)14/h7-8H,1-6,12H2,(H,15,16)(H,17,18)/t7-,8-/m0/s1. The molecule has 0 aliphatic carbocycles. The molecule has 1 fully saturated rings. The second-order valence-corrected chi connectivity index (χ2v) is 4.42. The van der Waals surface area contributed by atoms with E-state index in [1.165, 1.54) is 4.90 Å². The van der Waals surface area contributed by atoms with Gasteiger partial charge in [-0.15, -0.1) is 0 Å². The Morgan fingerprint density at radius 1 is 1.39 bits per heavy atom. The zero-order valence-corrected chi connectivity index (χ0v) is 10.0. The number of unbranched alkanes of at least 4 members (excludes halogenated alkanes) is 1. The molecule has 102 valence electrons. The number of aliphatic carboxylic acids is 2. The highest BCUT2D eigenvalue weighted by Crippen LogP contribution is 2.19. The summed E-state index contributed by atoms with van der Waals surface area (Å²) in [4.78, 5) is 34.2. The van der Waals surface area contributed by atoms with Gasteiger partial charge in [0.15, 0.2) is 0 Å². The molecule has 0 saturated carbocycles. The van der Waals surface area contributed by atoms with Gasteiger partial charge in [-0.05, 0) is 25.7 Å². The molecule has 0 spiro atoms. The fourth-order valence-electron chi connectivity index (χ4n) is 2.04. The van der Waals surface area contributed by atoms with Gasteiger partial charge in [0.25, 0.3) is 0 Å². The van der Waals surface area contributed by atoms with Crippen LogP contribution in [0.1, 0.15) is 32.1 Å². The molecule has 0 aromatic rings. The number of nitrogens with two attached hydrogens (primary N) is 1. The monoisotopic (exact) mass is 258 g/mol. The van der Waals surface area contributed by atoms with Crippen LogP contribution in [0.4, 0.5) is 0 Å².